The molecule has 0 fully saturated rings. The van der Waals surface area contributed by atoms with Crippen LogP contribution in [0, 0.1) is 10.1 Å². The van der Waals surface area contributed by atoms with Crippen LogP contribution in [0.5, 0.6) is 5.75 Å². The summed E-state index contributed by atoms with van der Waals surface area (Å²) >= 11 is 1.24. The number of ether oxygens (including phenoxy) is 1. The number of hydrogen-bond donors (Lipinski definition) is 1. The molecule has 29 heavy (non-hydrogen) atoms. The lowest BCUT2D eigenvalue weighted by atomic mass is 10.2. The fourth-order valence-electron chi connectivity index (χ4n) is 2.73. The van der Waals surface area contributed by atoms with Crippen molar-refractivity contribution in [3.05, 3.63) is 58.6 Å². The van der Waals surface area contributed by atoms with Crippen molar-refractivity contribution in [1.29, 1.82) is 0 Å². The van der Waals surface area contributed by atoms with E-state index in [2.05, 4.69) is 15.5 Å². The average Bonchev–Trinajstić information content (AvgIpc) is 3.15. The van der Waals surface area contributed by atoms with E-state index in [0.717, 1.165) is 5.56 Å². The molecular weight excluding hydrogens is 394 g/mol. The van der Waals surface area contributed by atoms with Gasteiger partial charge in [0.2, 0.25) is 5.91 Å². The van der Waals surface area contributed by atoms with Gasteiger partial charge in [0.05, 0.1) is 23.3 Å². The van der Waals surface area contributed by atoms with E-state index < -0.39 is 4.92 Å². The average molecular weight is 413 g/mol. The molecule has 1 amide bonds. The standard InChI is InChI=1S/C19H19N5O4S/c1-3-23-18(15-9-4-5-10-16(15)28-2)21-22-19(23)29-12-17(25)20-13-7-6-8-14(11-13)24(26)27/h4-11H,3,12H2,1-2H3,(H,20,25). The maximum absolute atomic E-state index is 12.3. The second-order valence-corrected chi connectivity index (χ2v) is 6.84. The van der Waals surface area contributed by atoms with Gasteiger partial charge in [-0.3, -0.25) is 14.9 Å². The van der Waals surface area contributed by atoms with Gasteiger partial charge >= 0.3 is 0 Å². The molecule has 9 nitrogen and oxygen atoms in total. The molecule has 0 bridgehead atoms. The number of nitro benzene ring substituents is 1. The number of amides is 1. The smallest absolute Gasteiger partial charge is 0.271 e. The topological polar surface area (TPSA) is 112 Å². The third-order valence-corrected chi connectivity index (χ3v) is 5.02. The highest BCUT2D eigenvalue weighted by Gasteiger charge is 2.17. The molecule has 0 saturated carbocycles. The predicted molar refractivity (Wildman–Crippen MR) is 110 cm³/mol. The van der Waals surface area contributed by atoms with Gasteiger partial charge in [-0.25, -0.2) is 0 Å². The predicted octanol–water partition coefficient (Wildman–Crippen LogP) is 3.61. The highest BCUT2D eigenvalue weighted by Crippen LogP contribution is 2.30. The normalized spacial score (nSPS) is 10.6. The number of nitrogens with one attached hydrogen (secondary N) is 1. The van der Waals surface area contributed by atoms with Crippen LogP contribution in [0.3, 0.4) is 0 Å². The van der Waals surface area contributed by atoms with E-state index >= 15 is 0 Å². The van der Waals surface area contributed by atoms with Crippen LogP contribution in [-0.4, -0.2) is 38.5 Å². The summed E-state index contributed by atoms with van der Waals surface area (Å²) in [5.41, 5.74) is 1.11. The molecule has 0 saturated heterocycles. The Morgan fingerprint density at radius 1 is 1.24 bits per heavy atom. The number of benzene rings is 2. The molecular formula is C19H19N5O4S. The SMILES string of the molecule is CCn1c(SCC(=O)Nc2cccc([N+](=O)[O-])c2)nnc1-c1ccccc1OC. The number of nitrogens with zero attached hydrogens (tertiary/aromatic N) is 4. The van der Waals surface area contributed by atoms with Gasteiger partial charge in [-0.1, -0.05) is 30.0 Å². The van der Waals surface area contributed by atoms with Crippen LogP contribution in [0.1, 0.15) is 6.92 Å². The van der Waals surface area contributed by atoms with E-state index in [0.29, 0.717) is 29.0 Å². The van der Waals surface area contributed by atoms with E-state index in [1.165, 1.54) is 30.0 Å². The van der Waals surface area contributed by atoms with Crippen molar-refractivity contribution in [3.63, 3.8) is 0 Å². The summed E-state index contributed by atoms with van der Waals surface area (Å²) < 4.78 is 7.31. The number of methoxy groups -OCH3 is 1. The van der Waals surface area contributed by atoms with Crippen LogP contribution in [0.25, 0.3) is 11.4 Å². The first-order valence-electron chi connectivity index (χ1n) is 8.77. The summed E-state index contributed by atoms with van der Waals surface area (Å²) in [5.74, 6) is 1.15. The van der Waals surface area contributed by atoms with Crippen molar-refractivity contribution in [1.82, 2.24) is 14.8 Å². The summed E-state index contributed by atoms with van der Waals surface area (Å²) in [4.78, 5) is 22.6. The summed E-state index contributed by atoms with van der Waals surface area (Å²) in [6, 6.07) is 13.3. The number of carbonyl (C=O) groups excluding carboxylic acids is 1. The number of nitro groups is 1. The van der Waals surface area contributed by atoms with Crippen LogP contribution in [0.2, 0.25) is 0 Å². The zero-order chi connectivity index (χ0) is 20.8. The van der Waals surface area contributed by atoms with Crippen LogP contribution in [0.4, 0.5) is 11.4 Å². The van der Waals surface area contributed by atoms with Crippen LogP contribution >= 0.6 is 11.8 Å². The van der Waals surface area contributed by atoms with E-state index in [4.69, 9.17) is 4.74 Å². The largest absolute Gasteiger partial charge is 0.496 e. The first-order chi connectivity index (χ1) is 14.0. The lowest BCUT2D eigenvalue weighted by Gasteiger charge is -2.10. The molecule has 0 atom stereocenters. The second kappa shape index (κ2) is 9.20. The quantitative estimate of drug-likeness (QED) is 0.341. The number of para-hydroxylation sites is 1. The Balaban J connectivity index is 1.71. The van der Waals surface area contributed by atoms with Crippen molar-refractivity contribution < 1.29 is 14.5 Å². The Bertz CT molecular complexity index is 1040. The third-order valence-electron chi connectivity index (χ3n) is 4.05. The Labute approximate surface area is 171 Å². The monoisotopic (exact) mass is 413 g/mol. The minimum Gasteiger partial charge on any atom is -0.496 e. The summed E-state index contributed by atoms with van der Waals surface area (Å²) in [7, 11) is 1.60. The molecule has 3 rings (SSSR count). The molecule has 0 aliphatic rings. The van der Waals surface area contributed by atoms with Gasteiger partial charge in [0.1, 0.15) is 5.75 Å². The zero-order valence-corrected chi connectivity index (χ0v) is 16.7. The zero-order valence-electron chi connectivity index (χ0n) is 15.9. The van der Waals surface area contributed by atoms with Crippen molar-refractivity contribution in [2.24, 2.45) is 0 Å². The van der Waals surface area contributed by atoms with E-state index in [-0.39, 0.29) is 17.3 Å². The van der Waals surface area contributed by atoms with Gasteiger partial charge in [-0.15, -0.1) is 10.2 Å². The highest BCUT2D eigenvalue weighted by atomic mass is 32.2. The molecule has 0 aliphatic carbocycles. The Morgan fingerprint density at radius 3 is 2.76 bits per heavy atom. The van der Waals surface area contributed by atoms with Crippen molar-refractivity contribution >= 4 is 29.0 Å². The molecule has 0 unspecified atom stereocenters. The van der Waals surface area contributed by atoms with Gasteiger partial charge in [0.15, 0.2) is 11.0 Å². The third kappa shape index (κ3) is 4.72. The minimum absolute atomic E-state index is 0.0809. The molecule has 10 heteroatoms. The lowest BCUT2D eigenvalue weighted by molar-refractivity contribution is -0.384. The minimum atomic E-state index is -0.506. The molecule has 0 aliphatic heterocycles. The number of hydrogen-bond acceptors (Lipinski definition) is 7. The Morgan fingerprint density at radius 2 is 2.03 bits per heavy atom. The lowest BCUT2D eigenvalue weighted by Crippen LogP contribution is -2.14. The Kier molecular flexibility index (Phi) is 6.45. The van der Waals surface area contributed by atoms with Crippen LogP contribution < -0.4 is 10.1 Å². The number of carbonyl (C=O) groups is 1. The Hall–Kier alpha value is -3.40. The number of non-ortho nitro benzene ring substituents is 1. The molecule has 3 aromatic rings. The fourth-order valence-corrected chi connectivity index (χ4v) is 3.54. The molecule has 1 N–H and O–H groups in total. The fraction of sp³-hybridized carbons (Fsp3) is 0.211. The number of aromatic nitrogens is 3. The van der Waals surface area contributed by atoms with Gasteiger partial charge in [-0.05, 0) is 25.1 Å². The van der Waals surface area contributed by atoms with Gasteiger partial charge < -0.3 is 14.6 Å². The highest BCUT2D eigenvalue weighted by molar-refractivity contribution is 7.99. The maximum atomic E-state index is 12.3. The van der Waals surface area contributed by atoms with Crippen molar-refractivity contribution in [2.75, 3.05) is 18.2 Å². The maximum Gasteiger partial charge on any atom is 0.271 e. The molecule has 150 valence electrons. The van der Waals surface area contributed by atoms with E-state index in [9.17, 15) is 14.9 Å². The van der Waals surface area contributed by atoms with E-state index in [1.54, 1.807) is 13.2 Å². The van der Waals surface area contributed by atoms with Gasteiger partial charge in [-0.2, -0.15) is 0 Å². The summed E-state index contributed by atoms with van der Waals surface area (Å²) in [6.07, 6.45) is 0. The summed E-state index contributed by atoms with van der Waals surface area (Å²) in [5, 5.41) is 22.6. The first-order valence-corrected chi connectivity index (χ1v) is 9.75. The van der Waals surface area contributed by atoms with Crippen LogP contribution in [0.15, 0.2) is 53.7 Å². The van der Waals surface area contributed by atoms with Crippen LogP contribution in [-0.2, 0) is 11.3 Å². The molecule has 0 spiro atoms. The summed E-state index contributed by atoms with van der Waals surface area (Å²) in [6.45, 7) is 2.59. The first kappa shape index (κ1) is 20.3. The number of rotatable bonds is 8. The van der Waals surface area contributed by atoms with E-state index in [1.807, 2.05) is 35.8 Å². The molecule has 1 heterocycles. The van der Waals surface area contributed by atoms with Crippen molar-refractivity contribution in [3.8, 4) is 17.1 Å². The molecule has 0 radical (unpaired) electrons. The number of thioether (sulfide) groups is 1. The molecule has 1 aromatic heterocycles. The molecule has 2 aromatic carbocycles. The van der Waals surface area contributed by atoms with Crippen molar-refractivity contribution in [2.45, 2.75) is 18.6 Å². The van der Waals surface area contributed by atoms with Gasteiger partial charge in [0.25, 0.3) is 5.69 Å². The number of anilines is 1. The second-order valence-electron chi connectivity index (χ2n) is 5.90. The van der Waals surface area contributed by atoms with Gasteiger partial charge in [0, 0.05) is 24.4 Å².